The van der Waals surface area contributed by atoms with Crippen LogP contribution in [0.3, 0.4) is 0 Å². The average molecular weight is 207 g/mol. The Labute approximate surface area is 81.8 Å². The van der Waals surface area contributed by atoms with Crippen molar-refractivity contribution in [1.82, 2.24) is 5.32 Å². The number of nitrogens with one attached hydrogen (secondary N) is 1. The van der Waals surface area contributed by atoms with Crippen LogP contribution in [0.5, 0.6) is 0 Å². The molecule has 0 aliphatic rings. The first-order chi connectivity index (χ1) is 6.04. The Kier molecular flexibility index (Phi) is 6.33. The summed E-state index contributed by atoms with van der Waals surface area (Å²) in [4.78, 5) is 0. The normalized spacial score (nSPS) is 14.4. The Morgan fingerprint density at radius 1 is 1.31 bits per heavy atom. The molecule has 13 heavy (non-hydrogen) atoms. The maximum atomic E-state index is 11.5. The lowest BCUT2D eigenvalue weighted by atomic mass is 10.4. The van der Waals surface area contributed by atoms with Crippen molar-refractivity contribution in [1.29, 1.82) is 0 Å². The van der Waals surface area contributed by atoms with Crippen LogP contribution in [0.25, 0.3) is 0 Å². The lowest BCUT2D eigenvalue weighted by molar-refractivity contribution is 0.575. The molecule has 0 saturated heterocycles. The number of rotatable bonds is 7. The molecular formula is C9H21NO2S. The Hall–Kier alpha value is -0.0900. The SMILES string of the molecule is CCNCCCS(=O)(=O)C(C)CC. The van der Waals surface area contributed by atoms with Crippen molar-refractivity contribution < 1.29 is 8.42 Å². The monoisotopic (exact) mass is 207 g/mol. The lowest BCUT2D eigenvalue weighted by Gasteiger charge is -2.10. The molecule has 0 aliphatic heterocycles. The Bertz CT molecular complexity index is 212. The van der Waals surface area contributed by atoms with Gasteiger partial charge in [0.1, 0.15) is 0 Å². The molecule has 1 unspecified atom stereocenters. The summed E-state index contributed by atoms with van der Waals surface area (Å²) in [5, 5.41) is 2.93. The molecule has 0 aromatic carbocycles. The van der Waals surface area contributed by atoms with E-state index in [9.17, 15) is 8.42 Å². The molecule has 0 saturated carbocycles. The molecule has 0 heterocycles. The van der Waals surface area contributed by atoms with Crippen molar-refractivity contribution in [2.24, 2.45) is 0 Å². The molecule has 0 aromatic heterocycles. The third-order valence-corrected chi connectivity index (χ3v) is 4.64. The van der Waals surface area contributed by atoms with Gasteiger partial charge in [-0.05, 0) is 32.9 Å². The number of hydrogen-bond acceptors (Lipinski definition) is 3. The summed E-state index contributed by atoms with van der Waals surface area (Å²) in [6, 6.07) is 0. The minimum Gasteiger partial charge on any atom is -0.317 e. The van der Waals surface area contributed by atoms with Crippen LogP contribution in [0.2, 0.25) is 0 Å². The minimum absolute atomic E-state index is 0.186. The van der Waals surface area contributed by atoms with E-state index in [-0.39, 0.29) is 5.25 Å². The van der Waals surface area contributed by atoms with Crippen LogP contribution in [-0.4, -0.2) is 32.5 Å². The van der Waals surface area contributed by atoms with E-state index in [2.05, 4.69) is 5.32 Å². The van der Waals surface area contributed by atoms with Gasteiger partial charge in [-0.3, -0.25) is 0 Å². The first-order valence-electron chi connectivity index (χ1n) is 4.96. The van der Waals surface area contributed by atoms with Gasteiger partial charge in [0, 0.05) is 0 Å². The van der Waals surface area contributed by atoms with Crippen LogP contribution in [-0.2, 0) is 9.84 Å². The molecule has 0 fully saturated rings. The summed E-state index contributed by atoms with van der Waals surface area (Å²) < 4.78 is 23.0. The summed E-state index contributed by atoms with van der Waals surface area (Å²) in [7, 11) is -2.83. The van der Waals surface area contributed by atoms with Crippen molar-refractivity contribution in [2.75, 3.05) is 18.8 Å². The van der Waals surface area contributed by atoms with Crippen molar-refractivity contribution in [3.8, 4) is 0 Å². The van der Waals surface area contributed by atoms with Crippen molar-refractivity contribution >= 4 is 9.84 Å². The third-order valence-electron chi connectivity index (χ3n) is 2.22. The van der Waals surface area contributed by atoms with Crippen molar-refractivity contribution in [3.63, 3.8) is 0 Å². The summed E-state index contributed by atoms with van der Waals surface area (Å²) in [6.07, 6.45) is 1.43. The second-order valence-corrected chi connectivity index (χ2v) is 5.83. The van der Waals surface area contributed by atoms with Gasteiger partial charge in [0.15, 0.2) is 9.84 Å². The second kappa shape index (κ2) is 6.38. The predicted octanol–water partition coefficient (Wildman–Crippen LogP) is 1.20. The fraction of sp³-hybridized carbons (Fsp3) is 1.00. The van der Waals surface area contributed by atoms with Gasteiger partial charge in [-0.25, -0.2) is 8.42 Å². The standard InChI is InChI=1S/C9H21NO2S/c1-4-9(3)13(11,12)8-6-7-10-5-2/h9-10H,4-8H2,1-3H3. The molecule has 0 aromatic rings. The molecule has 1 N–H and O–H groups in total. The van der Waals surface area contributed by atoms with Gasteiger partial charge in [-0.1, -0.05) is 13.8 Å². The van der Waals surface area contributed by atoms with Crippen molar-refractivity contribution in [3.05, 3.63) is 0 Å². The van der Waals surface area contributed by atoms with Crippen LogP contribution in [0, 0.1) is 0 Å². The van der Waals surface area contributed by atoms with E-state index in [4.69, 9.17) is 0 Å². The van der Waals surface area contributed by atoms with Gasteiger partial charge >= 0.3 is 0 Å². The molecule has 1 atom stereocenters. The van der Waals surface area contributed by atoms with Crippen LogP contribution < -0.4 is 5.32 Å². The van der Waals surface area contributed by atoms with E-state index in [1.54, 1.807) is 6.92 Å². The molecular weight excluding hydrogens is 186 g/mol. The first kappa shape index (κ1) is 12.9. The molecule has 0 aliphatic carbocycles. The summed E-state index contributed by atoms with van der Waals surface area (Å²) >= 11 is 0. The molecule has 3 nitrogen and oxygen atoms in total. The highest BCUT2D eigenvalue weighted by atomic mass is 32.2. The van der Waals surface area contributed by atoms with Crippen LogP contribution in [0.15, 0.2) is 0 Å². The fourth-order valence-corrected chi connectivity index (χ4v) is 2.49. The third kappa shape index (κ3) is 5.26. The van der Waals surface area contributed by atoms with E-state index in [0.29, 0.717) is 12.2 Å². The zero-order valence-corrected chi connectivity index (χ0v) is 9.65. The number of hydrogen-bond donors (Lipinski definition) is 1. The van der Waals surface area contributed by atoms with Gasteiger partial charge in [0.25, 0.3) is 0 Å². The zero-order chi connectivity index (χ0) is 10.3. The topological polar surface area (TPSA) is 46.2 Å². The molecule has 0 bridgehead atoms. The zero-order valence-electron chi connectivity index (χ0n) is 8.84. The lowest BCUT2D eigenvalue weighted by Crippen LogP contribution is -2.23. The van der Waals surface area contributed by atoms with Gasteiger partial charge in [0.05, 0.1) is 11.0 Å². The largest absolute Gasteiger partial charge is 0.317 e. The van der Waals surface area contributed by atoms with Crippen molar-refractivity contribution in [2.45, 2.75) is 38.9 Å². The highest BCUT2D eigenvalue weighted by molar-refractivity contribution is 7.91. The van der Waals surface area contributed by atoms with E-state index >= 15 is 0 Å². The van der Waals surface area contributed by atoms with E-state index < -0.39 is 9.84 Å². The molecule has 80 valence electrons. The Balaban J connectivity index is 3.77. The van der Waals surface area contributed by atoms with Gasteiger partial charge in [-0.15, -0.1) is 0 Å². The van der Waals surface area contributed by atoms with Gasteiger partial charge in [0.2, 0.25) is 0 Å². The summed E-state index contributed by atoms with van der Waals surface area (Å²) in [5.74, 6) is 0.314. The van der Waals surface area contributed by atoms with Crippen LogP contribution in [0.1, 0.15) is 33.6 Å². The fourth-order valence-electron chi connectivity index (χ4n) is 1.03. The molecule has 0 amide bonds. The van der Waals surface area contributed by atoms with Gasteiger partial charge < -0.3 is 5.32 Å². The first-order valence-corrected chi connectivity index (χ1v) is 6.68. The molecule has 0 radical (unpaired) electrons. The van der Waals surface area contributed by atoms with E-state index in [1.165, 1.54) is 0 Å². The predicted molar refractivity (Wildman–Crippen MR) is 56.7 cm³/mol. The minimum atomic E-state index is -2.83. The van der Waals surface area contributed by atoms with Gasteiger partial charge in [-0.2, -0.15) is 0 Å². The number of sulfone groups is 1. The van der Waals surface area contributed by atoms with E-state index in [1.807, 2.05) is 13.8 Å². The van der Waals surface area contributed by atoms with E-state index in [0.717, 1.165) is 19.5 Å². The Morgan fingerprint density at radius 3 is 2.38 bits per heavy atom. The second-order valence-electron chi connectivity index (χ2n) is 3.29. The molecule has 4 heteroatoms. The maximum Gasteiger partial charge on any atom is 0.152 e. The molecule has 0 spiro atoms. The molecule has 0 rings (SSSR count). The maximum absolute atomic E-state index is 11.5. The average Bonchev–Trinajstić information content (AvgIpc) is 2.11. The van der Waals surface area contributed by atoms with Crippen LogP contribution >= 0.6 is 0 Å². The van der Waals surface area contributed by atoms with Crippen LogP contribution in [0.4, 0.5) is 0 Å². The Morgan fingerprint density at radius 2 is 1.92 bits per heavy atom. The summed E-state index contributed by atoms with van der Waals surface area (Å²) in [6.45, 7) is 7.41. The summed E-state index contributed by atoms with van der Waals surface area (Å²) in [5.41, 5.74) is 0. The quantitative estimate of drug-likeness (QED) is 0.638. The highest BCUT2D eigenvalue weighted by Gasteiger charge is 2.17. The highest BCUT2D eigenvalue weighted by Crippen LogP contribution is 2.06. The smallest absolute Gasteiger partial charge is 0.152 e.